The SMILES string of the molecule is CN(C)CCn1c(=S)[nH]c2cnc3ccccc3c21. The van der Waals surface area contributed by atoms with Gasteiger partial charge in [0.1, 0.15) is 0 Å². The van der Waals surface area contributed by atoms with Gasteiger partial charge in [-0.1, -0.05) is 18.2 Å². The molecule has 0 radical (unpaired) electrons. The highest BCUT2D eigenvalue weighted by atomic mass is 32.1. The minimum absolute atomic E-state index is 0.759. The Labute approximate surface area is 116 Å². The summed E-state index contributed by atoms with van der Waals surface area (Å²) in [4.78, 5) is 9.85. The third-order valence-corrected chi connectivity index (χ3v) is 3.60. The highest BCUT2D eigenvalue weighted by Crippen LogP contribution is 2.23. The molecule has 0 aliphatic carbocycles. The molecule has 0 bridgehead atoms. The number of hydrogen-bond acceptors (Lipinski definition) is 3. The lowest BCUT2D eigenvalue weighted by Crippen LogP contribution is -2.18. The number of para-hydroxylation sites is 1. The normalized spacial score (nSPS) is 11.7. The van der Waals surface area contributed by atoms with E-state index in [0.29, 0.717) is 0 Å². The molecule has 0 aliphatic rings. The summed E-state index contributed by atoms with van der Waals surface area (Å²) in [6.07, 6.45) is 1.86. The van der Waals surface area contributed by atoms with Crippen LogP contribution in [0.1, 0.15) is 0 Å². The summed E-state index contributed by atoms with van der Waals surface area (Å²) in [5.74, 6) is 0. The minimum atomic E-state index is 0.759. The fraction of sp³-hybridized carbons (Fsp3) is 0.286. The molecule has 98 valence electrons. The predicted molar refractivity (Wildman–Crippen MR) is 81.0 cm³/mol. The van der Waals surface area contributed by atoms with Crippen molar-refractivity contribution in [3.63, 3.8) is 0 Å². The van der Waals surface area contributed by atoms with Gasteiger partial charge in [0.05, 0.1) is 22.7 Å². The number of nitrogens with zero attached hydrogens (tertiary/aromatic N) is 3. The number of rotatable bonds is 3. The summed E-state index contributed by atoms with van der Waals surface area (Å²) in [5, 5.41) is 1.14. The third kappa shape index (κ3) is 2.15. The number of likely N-dealkylation sites (N-methyl/N-ethyl adjacent to an activating group) is 1. The van der Waals surface area contributed by atoms with Gasteiger partial charge in [-0.05, 0) is 32.4 Å². The molecule has 2 heterocycles. The Morgan fingerprint density at radius 2 is 2.11 bits per heavy atom. The zero-order chi connectivity index (χ0) is 13.4. The van der Waals surface area contributed by atoms with Crippen LogP contribution in [0.4, 0.5) is 0 Å². The van der Waals surface area contributed by atoms with Gasteiger partial charge in [0, 0.05) is 18.5 Å². The van der Waals surface area contributed by atoms with Crippen LogP contribution in [0.25, 0.3) is 21.9 Å². The van der Waals surface area contributed by atoms with Gasteiger partial charge in [0.15, 0.2) is 4.77 Å². The molecule has 0 unspecified atom stereocenters. The Morgan fingerprint density at radius 3 is 2.89 bits per heavy atom. The minimum Gasteiger partial charge on any atom is -0.329 e. The van der Waals surface area contributed by atoms with E-state index in [0.717, 1.165) is 39.8 Å². The van der Waals surface area contributed by atoms with E-state index in [1.54, 1.807) is 0 Å². The smallest absolute Gasteiger partial charge is 0.178 e. The fourth-order valence-corrected chi connectivity index (χ4v) is 2.60. The molecule has 19 heavy (non-hydrogen) atoms. The van der Waals surface area contributed by atoms with Crippen LogP contribution in [0.5, 0.6) is 0 Å². The summed E-state index contributed by atoms with van der Waals surface area (Å²) in [6, 6.07) is 8.17. The van der Waals surface area contributed by atoms with Crippen LogP contribution in [-0.4, -0.2) is 40.1 Å². The van der Waals surface area contributed by atoms with Crippen molar-refractivity contribution in [3.8, 4) is 0 Å². The van der Waals surface area contributed by atoms with Crippen molar-refractivity contribution in [2.24, 2.45) is 0 Å². The zero-order valence-corrected chi connectivity index (χ0v) is 11.9. The first-order valence-corrected chi connectivity index (χ1v) is 6.68. The van der Waals surface area contributed by atoms with Gasteiger partial charge in [-0.3, -0.25) is 4.98 Å². The lowest BCUT2D eigenvalue weighted by Gasteiger charge is -2.11. The Kier molecular flexibility index (Phi) is 3.08. The van der Waals surface area contributed by atoms with E-state index in [9.17, 15) is 0 Å². The van der Waals surface area contributed by atoms with E-state index in [1.807, 2.05) is 24.4 Å². The second kappa shape index (κ2) is 4.75. The number of H-pyrrole nitrogens is 1. The van der Waals surface area contributed by atoms with Crippen molar-refractivity contribution in [2.75, 3.05) is 20.6 Å². The molecule has 2 aromatic heterocycles. The summed E-state index contributed by atoms with van der Waals surface area (Å²) in [5.41, 5.74) is 3.16. The van der Waals surface area contributed by atoms with Crippen molar-refractivity contribution in [1.82, 2.24) is 19.4 Å². The first-order valence-electron chi connectivity index (χ1n) is 6.28. The Bertz CT molecular complexity index is 785. The summed E-state index contributed by atoms with van der Waals surface area (Å²) >= 11 is 5.43. The van der Waals surface area contributed by atoms with Crippen molar-refractivity contribution in [1.29, 1.82) is 0 Å². The topological polar surface area (TPSA) is 36.9 Å². The average Bonchev–Trinajstić information content (AvgIpc) is 2.72. The molecule has 0 saturated carbocycles. The van der Waals surface area contributed by atoms with E-state index in [-0.39, 0.29) is 0 Å². The zero-order valence-electron chi connectivity index (χ0n) is 11.1. The fourth-order valence-electron chi connectivity index (χ4n) is 2.31. The number of aromatic nitrogens is 3. The molecule has 3 aromatic rings. The largest absolute Gasteiger partial charge is 0.329 e. The molecule has 0 spiro atoms. The maximum atomic E-state index is 5.43. The number of fused-ring (bicyclic) bond motifs is 3. The molecule has 0 aliphatic heterocycles. The van der Waals surface area contributed by atoms with Crippen LogP contribution in [0.15, 0.2) is 30.5 Å². The molecule has 1 aromatic carbocycles. The van der Waals surface area contributed by atoms with Crippen molar-refractivity contribution >= 4 is 34.2 Å². The lowest BCUT2D eigenvalue weighted by molar-refractivity contribution is 0.385. The second-order valence-electron chi connectivity index (χ2n) is 4.92. The molecule has 1 N–H and O–H groups in total. The third-order valence-electron chi connectivity index (χ3n) is 3.27. The van der Waals surface area contributed by atoms with Gasteiger partial charge in [-0.25, -0.2) is 0 Å². The predicted octanol–water partition coefficient (Wildman–Crippen LogP) is 2.81. The van der Waals surface area contributed by atoms with E-state index in [2.05, 4.69) is 39.6 Å². The van der Waals surface area contributed by atoms with Crippen LogP contribution in [0.2, 0.25) is 0 Å². The van der Waals surface area contributed by atoms with E-state index in [4.69, 9.17) is 12.2 Å². The van der Waals surface area contributed by atoms with E-state index in [1.165, 1.54) is 0 Å². The first kappa shape index (κ1) is 12.3. The standard InChI is InChI=1S/C14H16N4S/c1-17(2)7-8-18-13-10-5-3-4-6-11(10)15-9-12(13)16-14(18)19/h3-6,9H,7-8H2,1-2H3,(H,16,19). The Hall–Kier alpha value is -1.72. The average molecular weight is 272 g/mol. The van der Waals surface area contributed by atoms with Gasteiger partial charge in [-0.2, -0.15) is 0 Å². The molecular formula is C14H16N4S. The molecule has 4 nitrogen and oxygen atoms in total. The van der Waals surface area contributed by atoms with Crippen LogP contribution >= 0.6 is 12.2 Å². The molecule has 5 heteroatoms. The van der Waals surface area contributed by atoms with Crippen molar-refractivity contribution < 1.29 is 0 Å². The van der Waals surface area contributed by atoms with Gasteiger partial charge in [0.25, 0.3) is 0 Å². The maximum absolute atomic E-state index is 5.43. The van der Waals surface area contributed by atoms with E-state index < -0.39 is 0 Å². The Balaban J connectivity index is 2.27. The number of aromatic amines is 1. The number of pyridine rings is 1. The molecule has 0 saturated heterocycles. The lowest BCUT2D eigenvalue weighted by atomic mass is 10.2. The van der Waals surface area contributed by atoms with Gasteiger partial charge in [0.2, 0.25) is 0 Å². The first-order chi connectivity index (χ1) is 9.16. The van der Waals surface area contributed by atoms with Gasteiger partial charge in [-0.15, -0.1) is 0 Å². The summed E-state index contributed by atoms with van der Waals surface area (Å²) < 4.78 is 2.92. The number of nitrogens with one attached hydrogen (secondary N) is 1. The molecular weight excluding hydrogens is 256 g/mol. The number of imidazole rings is 1. The van der Waals surface area contributed by atoms with Crippen LogP contribution in [0.3, 0.4) is 0 Å². The van der Waals surface area contributed by atoms with Crippen LogP contribution in [-0.2, 0) is 6.54 Å². The van der Waals surface area contributed by atoms with Crippen molar-refractivity contribution in [2.45, 2.75) is 6.54 Å². The number of hydrogen-bond donors (Lipinski definition) is 1. The molecule has 0 fully saturated rings. The molecule has 3 rings (SSSR count). The van der Waals surface area contributed by atoms with Crippen LogP contribution in [0, 0.1) is 4.77 Å². The highest BCUT2D eigenvalue weighted by Gasteiger charge is 2.09. The van der Waals surface area contributed by atoms with Gasteiger partial charge < -0.3 is 14.5 Å². The second-order valence-corrected chi connectivity index (χ2v) is 5.31. The van der Waals surface area contributed by atoms with Crippen LogP contribution < -0.4 is 0 Å². The number of benzene rings is 1. The van der Waals surface area contributed by atoms with E-state index >= 15 is 0 Å². The molecule has 0 amide bonds. The summed E-state index contributed by atoms with van der Waals surface area (Å²) in [6.45, 7) is 1.83. The quantitative estimate of drug-likeness (QED) is 0.745. The summed E-state index contributed by atoms with van der Waals surface area (Å²) in [7, 11) is 4.14. The molecule has 0 atom stereocenters. The van der Waals surface area contributed by atoms with Gasteiger partial charge >= 0.3 is 0 Å². The maximum Gasteiger partial charge on any atom is 0.178 e. The Morgan fingerprint density at radius 1 is 1.32 bits per heavy atom. The monoisotopic (exact) mass is 272 g/mol. The highest BCUT2D eigenvalue weighted by molar-refractivity contribution is 7.71. The van der Waals surface area contributed by atoms with Crippen molar-refractivity contribution in [3.05, 3.63) is 35.2 Å².